The predicted octanol–water partition coefficient (Wildman–Crippen LogP) is 4.76. The van der Waals surface area contributed by atoms with E-state index in [1.807, 2.05) is 12.1 Å². The minimum absolute atomic E-state index is 0.386. The molecule has 4 heteroatoms. The molecule has 0 radical (unpaired) electrons. The van der Waals surface area contributed by atoms with Crippen LogP contribution in [0.2, 0.25) is 5.02 Å². The molecule has 2 aromatic carbocycles. The van der Waals surface area contributed by atoms with Gasteiger partial charge in [0.15, 0.2) is 0 Å². The molecule has 0 amide bonds. The first-order valence-electron chi connectivity index (χ1n) is 10.1. The molecule has 0 saturated carbocycles. The van der Waals surface area contributed by atoms with Crippen LogP contribution >= 0.6 is 11.6 Å². The quantitative estimate of drug-likeness (QED) is 0.758. The molecule has 0 aromatic heterocycles. The zero-order valence-electron chi connectivity index (χ0n) is 15.9. The van der Waals surface area contributed by atoms with Crippen molar-refractivity contribution in [1.29, 1.82) is 0 Å². The first kappa shape index (κ1) is 17.5. The third kappa shape index (κ3) is 2.97. The van der Waals surface area contributed by atoms with Crippen molar-refractivity contribution in [3.63, 3.8) is 0 Å². The van der Waals surface area contributed by atoms with Gasteiger partial charge in [-0.25, -0.2) is 0 Å². The second-order valence-corrected chi connectivity index (χ2v) is 8.85. The highest BCUT2D eigenvalue weighted by Gasteiger charge is 2.59. The van der Waals surface area contributed by atoms with E-state index in [2.05, 4.69) is 46.2 Å². The van der Waals surface area contributed by atoms with Crippen LogP contribution in [0.5, 0.6) is 5.75 Å². The number of likely N-dealkylation sites (tertiary alicyclic amines) is 1. The summed E-state index contributed by atoms with van der Waals surface area (Å²) in [5.41, 5.74) is 3.21. The summed E-state index contributed by atoms with van der Waals surface area (Å²) in [7, 11) is 1.72. The van der Waals surface area contributed by atoms with E-state index in [-0.39, 0.29) is 0 Å². The van der Waals surface area contributed by atoms with E-state index in [4.69, 9.17) is 16.3 Å². The predicted molar refractivity (Wildman–Crippen MR) is 109 cm³/mol. The van der Waals surface area contributed by atoms with Gasteiger partial charge in [0, 0.05) is 36.2 Å². The van der Waals surface area contributed by atoms with Crippen LogP contribution in [-0.4, -0.2) is 42.1 Å². The minimum Gasteiger partial charge on any atom is -0.497 e. The third-order valence-electron chi connectivity index (χ3n) is 7.02. The summed E-state index contributed by atoms with van der Waals surface area (Å²) >= 11 is 6.11. The third-order valence-corrected chi connectivity index (χ3v) is 7.27. The summed E-state index contributed by atoms with van der Waals surface area (Å²) in [6.45, 7) is 4.70. The van der Waals surface area contributed by atoms with Crippen molar-refractivity contribution in [2.45, 2.75) is 37.4 Å². The maximum absolute atomic E-state index is 6.11. The van der Waals surface area contributed by atoms with E-state index in [0.29, 0.717) is 11.6 Å². The van der Waals surface area contributed by atoms with E-state index in [9.17, 15) is 0 Å². The van der Waals surface area contributed by atoms with Gasteiger partial charge >= 0.3 is 0 Å². The Bertz CT molecular complexity index is 806. The second kappa shape index (κ2) is 6.80. The molecule has 3 aliphatic rings. The van der Waals surface area contributed by atoms with Crippen LogP contribution < -0.4 is 4.74 Å². The zero-order chi connectivity index (χ0) is 18.4. The molecule has 3 saturated heterocycles. The number of ether oxygens (including phenoxy) is 1. The maximum Gasteiger partial charge on any atom is 0.118 e. The molecule has 3 heterocycles. The van der Waals surface area contributed by atoms with Gasteiger partial charge in [0.05, 0.1) is 7.11 Å². The lowest BCUT2D eigenvalue weighted by molar-refractivity contribution is 0.131. The number of hydrogen-bond donors (Lipinski definition) is 0. The normalized spacial score (nSPS) is 30.4. The Morgan fingerprint density at radius 1 is 1.11 bits per heavy atom. The van der Waals surface area contributed by atoms with E-state index in [1.54, 1.807) is 7.11 Å². The lowest BCUT2D eigenvalue weighted by Crippen LogP contribution is -2.45. The maximum atomic E-state index is 6.11. The van der Waals surface area contributed by atoms with Gasteiger partial charge in [0.2, 0.25) is 0 Å². The highest BCUT2D eigenvalue weighted by molar-refractivity contribution is 6.30. The number of rotatable bonds is 4. The Balaban J connectivity index is 1.33. The van der Waals surface area contributed by atoms with Gasteiger partial charge < -0.3 is 4.74 Å². The van der Waals surface area contributed by atoms with Crippen molar-refractivity contribution in [3.05, 3.63) is 64.7 Å². The molecule has 5 rings (SSSR count). The van der Waals surface area contributed by atoms with E-state index in [0.717, 1.165) is 23.2 Å². The Labute approximate surface area is 166 Å². The van der Waals surface area contributed by atoms with Crippen molar-refractivity contribution < 1.29 is 4.74 Å². The fourth-order valence-electron chi connectivity index (χ4n) is 5.86. The molecule has 3 aliphatic heterocycles. The molecule has 3 atom stereocenters. The summed E-state index contributed by atoms with van der Waals surface area (Å²) in [6.07, 6.45) is 3.96. The summed E-state index contributed by atoms with van der Waals surface area (Å²) in [5.74, 6) is 1.71. The van der Waals surface area contributed by atoms with Crippen LogP contribution in [-0.2, 0) is 6.54 Å². The molecule has 0 N–H and O–H groups in total. The Morgan fingerprint density at radius 2 is 1.89 bits per heavy atom. The van der Waals surface area contributed by atoms with Gasteiger partial charge in [-0.2, -0.15) is 0 Å². The van der Waals surface area contributed by atoms with Crippen molar-refractivity contribution in [1.82, 2.24) is 9.80 Å². The fourth-order valence-corrected chi connectivity index (χ4v) is 5.99. The largest absolute Gasteiger partial charge is 0.497 e. The lowest BCUT2D eigenvalue weighted by Gasteiger charge is -2.35. The molecule has 3 nitrogen and oxygen atoms in total. The molecule has 142 valence electrons. The highest BCUT2D eigenvalue weighted by Crippen LogP contribution is 2.55. The van der Waals surface area contributed by atoms with E-state index < -0.39 is 0 Å². The first-order valence-corrected chi connectivity index (χ1v) is 10.4. The van der Waals surface area contributed by atoms with Crippen LogP contribution in [0.4, 0.5) is 0 Å². The van der Waals surface area contributed by atoms with Crippen LogP contribution in [0.1, 0.15) is 36.4 Å². The number of nitrogens with zero attached hydrogens (tertiary/aromatic N) is 2. The summed E-state index contributed by atoms with van der Waals surface area (Å²) in [6, 6.07) is 17.7. The zero-order valence-corrected chi connectivity index (χ0v) is 16.7. The lowest BCUT2D eigenvalue weighted by atomic mass is 9.86. The first-order chi connectivity index (χ1) is 13.2. The molecule has 2 aromatic rings. The SMILES string of the molecule is COc1ccc(CN2CC3CC(c4ccc(Cl)cc4)N4CCCC34C2)cc1. The molecule has 27 heavy (non-hydrogen) atoms. The Kier molecular flexibility index (Phi) is 4.42. The van der Waals surface area contributed by atoms with E-state index in [1.165, 1.54) is 50.0 Å². The summed E-state index contributed by atoms with van der Waals surface area (Å²) in [4.78, 5) is 5.50. The van der Waals surface area contributed by atoms with Crippen LogP contribution in [0.15, 0.2) is 48.5 Å². The van der Waals surface area contributed by atoms with Gasteiger partial charge in [-0.15, -0.1) is 0 Å². The number of methoxy groups -OCH3 is 1. The smallest absolute Gasteiger partial charge is 0.118 e. The van der Waals surface area contributed by atoms with Crippen molar-refractivity contribution >= 4 is 11.6 Å². The number of benzene rings is 2. The monoisotopic (exact) mass is 382 g/mol. The Morgan fingerprint density at radius 3 is 2.63 bits per heavy atom. The van der Waals surface area contributed by atoms with Gasteiger partial charge in [-0.3, -0.25) is 9.80 Å². The topological polar surface area (TPSA) is 15.7 Å². The van der Waals surface area contributed by atoms with Crippen LogP contribution in [0.25, 0.3) is 0 Å². The molecule has 0 bridgehead atoms. The van der Waals surface area contributed by atoms with Gasteiger partial charge in [-0.1, -0.05) is 35.9 Å². The summed E-state index contributed by atoms with van der Waals surface area (Å²) < 4.78 is 5.29. The fraction of sp³-hybridized carbons (Fsp3) is 0.478. The molecule has 3 unspecified atom stereocenters. The van der Waals surface area contributed by atoms with Gasteiger partial charge in [0.1, 0.15) is 5.75 Å². The average Bonchev–Trinajstić information content (AvgIpc) is 3.31. The molecule has 1 spiro atoms. The second-order valence-electron chi connectivity index (χ2n) is 8.42. The highest BCUT2D eigenvalue weighted by atomic mass is 35.5. The summed E-state index contributed by atoms with van der Waals surface area (Å²) in [5, 5.41) is 0.832. The minimum atomic E-state index is 0.386. The van der Waals surface area contributed by atoms with Crippen LogP contribution in [0, 0.1) is 5.92 Å². The molecular formula is C23H27ClN2O. The molecular weight excluding hydrogens is 356 g/mol. The van der Waals surface area contributed by atoms with Crippen molar-refractivity contribution in [2.24, 2.45) is 5.92 Å². The molecule has 3 fully saturated rings. The van der Waals surface area contributed by atoms with Crippen molar-refractivity contribution in [2.75, 3.05) is 26.7 Å². The number of halogens is 1. The standard InChI is InChI=1S/C23H27ClN2O/c1-27-21-9-3-17(4-10-21)14-25-15-19-13-22(18-5-7-20(24)8-6-18)26-12-2-11-23(19,26)16-25/h3-10,19,22H,2,11-16H2,1H3. The van der Waals surface area contributed by atoms with Gasteiger partial charge in [-0.05, 0) is 67.1 Å². The van der Waals surface area contributed by atoms with E-state index >= 15 is 0 Å². The van der Waals surface area contributed by atoms with Gasteiger partial charge in [0.25, 0.3) is 0 Å². The average molecular weight is 383 g/mol. The molecule has 0 aliphatic carbocycles. The number of hydrogen-bond acceptors (Lipinski definition) is 3. The van der Waals surface area contributed by atoms with Crippen molar-refractivity contribution in [3.8, 4) is 5.75 Å². The van der Waals surface area contributed by atoms with Crippen LogP contribution in [0.3, 0.4) is 0 Å². The Hall–Kier alpha value is -1.55.